The highest BCUT2D eigenvalue weighted by Gasteiger charge is 2.44. The Hall–Kier alpha value is -2.26. The second-order valence-electron chi connectivity index (χ2n) is 7.41. The van der Waals surface area contributed by atoms with E-state index < -0.39 is 10.0 Å². The zero-order chi connectivity index (χ0) is 19.2. The molecule has 144 valence electrons. The number of carbonyl (C=O) groups is 1. The van der Waals surface area contributed by atoms with E-state index in [1.54, 1.807) is 24.8 Å². The zero-order valence-electron chi connectivity index (χ0n) is 15.4. The molecule has 2 aromatic rings. The number of amides is 1. The number of hydrogen-bond acceptors (Lipinski definition) is 5. The normalized spacial score (nSPS) is 25.1. The molecule has 2 aliphatic heterocycles. The van der Waals surface area contributed by atoms with Gasteiger partial charge in [-0.15, -0.1) is 0 Å². The number of fused-ring (bicyclic) bond motifs is 2. The summed E-state index contributed by atoms with van der Waals surface area (Å²) in [5, 5.41) is 4.25. The van der Waals surface area contributed by atoms with E-state index in [-0.39, 0.29) is 28.9 Å². The molecule has 27 heavy (non-hydrogen) atoms. The van der Waals surface area contributed by atoms with Gasteiger partial charge in [-0.25, -0.2) is 22.4 Å². The Morgan fingerprint density at radius 2 is 1.70 bits per heavy atom. The molecule has 1 aromatic carbocycles. The standard InChI is InChI=1S/C18H23N5O3S/c1-21(2)27(25,26)17-7-3-13(4-8-17)18(24)23-14-5-6-15(23)10-16(9-14)22-12-19-11-20-22/h3-4,7-8,11-12,14-16H,5-6,9-10H2,1-2H3. The van der Waals surface area contributed by atoms with E-state index in [4.69, 9.17) is 0 Å². The van der Waals surface area contributed by atoms with Crippen molar-refractivity contribution in [2.45, 2.75) is 48.7 Å². The Morgan fingerprint density at radius 3 is 2.22 bits per heavy atom. The number of piperidine rings is 1. The Labute approximate surface area is 158 Å². The third-order valence-electron chi connectivity index (χ3n) is 5.63. The minimum absolute atomic E-state index is 0.0201. The van der Waals surface area contributed by atoms with Crippen molar-refractivity contribution in [3.63, 3.8) is 0 Å². The second kappa shape index (κ2) is 6.72. The van der Waals surface area contributed by atoms with Crippen molar-refractivity contribution >= 4 is 15.9 Å². The van der Waals surface area contributed by atoms with Crippen LogP contribution in [0.1, 0.15) is 42.1 Å². The summed E-state index contributed by atoms with van der Waals surface area (Å²) in [6.07, 6.45) is 7.02. The lowest BCUT2D eigenvalue weighted by Gasteiger charge is -2.39. The maximum absolute atomic E-state index is 13.1. The summed E-state index contributed by atoms with van der Waals surface area (Å²) in [5.74, 6) is -0.0201. The first kappa shape index (κ1) is 18.1. The molecule has 2 fully saturated rings. The largest absolute Gasteiger partial charge is 0.333 e. The zero-order valence-corrected chi connectivity index (χ0v) is 16.2. The number of aromatic nitrogens is 3. The van der Waals surface area contributed by atoms with Gasteiger partial charge in [0, 0.05) is 31.7 Å². The third kappa shape index (κ3) is 3.14. The van der Waals surface area contributed by atoms with E-state index in [0.29, 0.717) is 5.56 Å². The molecule has 0 N–H and O–H groups in total. The molecular formula is C18H23N5O3S. The Morgan fingerprint density at radius 1 is 1.07 bits per heavy atom. The number of rotatable bonds is 4. The van der Waals surface area contributed by atoms with Crippen LogP contribution in [0.4, 0.5) is 0 Å². The molecule has 0 aliphatic carbocycles. The fourth-order valence-corrected chi connectivity index (χ4v) is 5.13. The lowest BCUT2D eigenvalue weighted by Crippen LogP contribution is -2.47. The van der Waals surface area contributed by atoms with Crippen LogP contribution in [0.3, 0.4) is 0 Å². The van der Waals surface area contributed by atoms with Gasteiger partial charge in [0.25, 0.3) is 5.91 Å². The average Bonchev–Trinajstić information content (AvgIpc) is 3.28. The smallest absolute Gasteiger partial charge is 0.254 e. The third-order valence-corrected chi connectivity index (χ3v) is 7.46. The first-order valence-electron chi connectivity index (χ1n) is 9.07. The van der Waals surface area contributed by atoms with E-state index in [1.807, 2.05) is 9.58 Å². The first-order chi connectivity index (χ1) is 12.9. The summed E-state index contributed by atoms with van der Waals surface area (Å²) in [5.41, 5.74) is 0.531. The van der Waals surface area contributed by atoms with Crippen LogP contribution < -0.4 is 0 Å². The SMILES string of the molecule is CN(C)S(=O)(=O)c1ccc(C(=O)N2C3CCC2CC(n2cncn2)C3)cc1. The maximum Gasteiger partial charge on any atom is 0.254 e. The molecule has 0 saturated carbocycles. The fraction of sp³-hybridized carbons (Fsp3) is 0.500. The van der Waals surface area contributed by atoms with Crippen LogP contribution in [0.15, 0.2) is 41.8 Å². The molecule has 1 aromatic heterocycles. The molecule has 4 rings (SSSR count). The highest BCUT2D eigenvalue weighted by atomic mass is 32.2. The molecule has 2 saturated heterocycles. The minimum Gasteiger partial charge on any atom is -0.333 e. The molecule has 2 atom stereocenters. The summed E-state index contributed by atoms with van der Waals surface area (Å²) in [6.45, 7) is 0. The van der Waals surface area contributed by atoms with Crippen molar-refractivity contribution in [3.8, 4) is 0 Å². The van der Waals surface area contributed by atoms with Gasteiger partial charge in [-0.2, -0.15) is 5.10 Å². The van der Waals surface area contributed by atoms with Gasteiger partial charge in [0.15, 0.2) is 0 Å². The molecule has 1 amide bonds. The van der Waals surface area contributed by atoms with Gasteiger partial charge in [-0.3, -0.25) is 4.79 Å². The monoisotopic (exact) mass is 389 g/mol. The maximum atomic E-state index is 13.1. The summed E-state index contributed by atoms with van der Waals surface area (Å²) < 4.78 is 27.5. The van der Waals surface area contributed by atoms with Crippen LogP contribution in [0, 0.1) is 0 Å². The number of hydrogen-bond donors (Lipinski definition) is 0. The summed E-state index contributed by atoms with van der Waals surface area (Å²) in [4.78, 5) is 19.3. The van der Waals surface area contributed by atoms with Crippen molar-refractivity contribution in [1.82, 2.24) is 24.0 Å². The summed E-state index contributed by atoms with van der Waals surface area (Å²) in [7, 11) is -0.510. The number of sulfonamides is 1. The van der Waals surface area contributed by atoms with Gasteiger partial charge in [0.05, 0.1) is 10.9 Å². The lowest BCUT2D eigenvalue weighted by atomic mass is 9.96. The molecule has 0 spiro atoms. The molecule has 2 aliphatic rings. The van der Waals surface area contributed by atoms with Crippen LogP contribution in [0.5, 0.6) is 0 Å². The minimum atomic E-state index is -3.49. The van der Waals surface area contributed by atoms with Gasteiger partial charge in [0.1, 0.15) is 12.7 Å². The van der Waals surface area contributed by atoms with Crippen LogP contribution in [0.2, 0.25) is 0 Å². The van der Waals surface area contributed by atoms with Crippen molar-refractivity contribution in [2.75, 3.05) is 14.1 Å². The van der Waals surface area contributed by atoms with Crippen LogP contribution in [0.25, 0.3) is 0 Å². The topological polar surface area (TPSA) is 88.4 Å². The Balaban J connectivity index is 1.52. The van der Waals surface area contributed by atoms with E-state index in [2.05, 4.69) is 10.1 Å². The molecule has 0 radical (unpaired) electrons. The van der Waals surface area contributed by atoms with Gasteiger partial charge >= 0.3 is 0 Å². The number of nitrogens with zero attached hydrogens (tertiary/aromatic N) is 5. The molecule has 8 nitrogen and oxygen atoms in total. The van der Waals surface area contributed by atoms with Gasteiger partial charge in [-0.1, -0.05) is 0 Å². The van der Waals surface area contributed by atoms with Crippen molar-refractivity contribution in [3.05, 3.63) is 42.5 Å². The molecule has 3 heterocycles. The molecule has 2 bridgehead atoms. The van der Waals surface area contributed by atoms with Gasteiger partial charge < -0.3 is 4.90 Å². The predicted molar refractivity (Wildman–Crippen MR) is 98.6 cm³/mol. The van der Waals surface area contributed by atoms with Crippen molar-refractivity contribution in [1.29, 1.82) is 0 Å². The van der Waals surface area contributed by atoms with E-state index >= 15 is 0 Å². The lowest BCUT2D eigenvalue weighted by molar-refractivity contribution is 0.0524. The van der Waals surface area contributed by atoms with E-state index in [1.165, 1.54) is 30.5 Å². The second-order valence-corrected chi connectivity index (χ2v) is 9.56. The van der Waals surface area contributed by atoms with Crippen LogP contribution >= 0.6 is 0 Å². The van der Waals surface area contributed by atoms with E-state index in [0.717, 1.165) is 25.7 Å². The highest BCUT2D eigenvalue weighted by molar-refractivity contribution is 7.89. The predicted octanol–water partition coefficient (Wildman–Crippen LogP) is 1.54. The van der Waals surface area contributed by atoms with Gasteiger partial charge in [0.2, 0.25) is 10.0 Å². The molecule has 9 heteroatoms. The van der Waals surface area contributed by atoms with Gasteiger partial charge in [-0.05, 0) is 49.9 Å². The summed E-state index contributed by atoms with van der Waals surface area (Å²) >= 11 is 0. The average molecular weight is 389 g/mol. The number of carbonyl (C=O) groups excluding carboxylic acids is 1. The quantitative estimate of drug-likeness (QED) is 0.791. The Kier molecular flexibility index (Phi) is 4.51. The molecule has 2 unspecified atom stereocenters. The highest BCUT2D eigenvalue weighted by Crippen LogP contribution is 2.41. The van der Waals surface area contributed by atoms with Crippen molar-refractivity contribution in [2.24, 2.45) is 0 Å². The van der Waals surface area contributed by atoms with E-state index in [9.17, 15) is 13.2 Å². The van der Waals surface area contributed by atoms with Crippen LogP contribution in [-0.2, 0) is 10.0 Å². The fourth-order valence-electron chi connectivity index (χ4n) is 4.23. The number of benzene rings is 1. The molecular weight excluding hydrogens is 366 g/mol. The first-order valence-corrected chi connectivity index (χ1v) is 10.5. The Bertz CT molecular complexity index is 910. The van der Waals surface area contributed by atoms with Crippen LogP contribution in [-0.4, -0.2) is 64.5 Å². The van der Waals surface area contributed by atoms with Crippen molar-refractivity contribution < 1.29 is 13.2 Å². The summed E-state index contributed by atoms with van der Waals surface area (Å²) in [6, 6.07) is 6.90.